The number of hydrogen-bond donors (Lipinski definition) is 1. The van der Waals surface area contributed by atoms with Crippen LogP contribution in [0.3, 0.4) is 0 Å². The Balaban J connectivity index is 2.94. The summed E-state index contributed by atoms with van der Waals surface area (Å²) in [7, 11) is 1.52. The van der Waals surface area contributed by atoms with Crippen LogP contribution in [0.15, 0.2) is 18.2 Å². The number of ether oxygens (including phenoxy) is 1. The molecule has 0 aliphatic heterocycles. The first-order valence-electron chi connectivity index (χ1n) is 5.26. The highest BCUT2D eigenvalue weighted by Crippen LogP contribution is 2.33. The van der Waals surface area contributed by atoms with E-state index in [1.54, 1.807) is 6.92 Å². The smallest absolute Gasteiger partial charge is 0.382 e. The zero-order chi connectivity index (χ0) is 13.8. The number of halogens is 3. The van der Waals surface area contributed by atoms with E-state index in [1.165, 1.54) is 19.2 Å². The molecule has 1 N–H and O–H groups in total. The van der Waals surface area contributed by atoms with E-state index in [4.69, 9.17) is 10.00 Å². The van der Waals surface area contributed by atoms with Gasteiger partial charge in [0.1, 0.15) is 0 Å². The summed E-state index contributed by atoms with van der Waals surface area (Å²) in [5.74, 6) is 0. The molecule has 1 atom stereocenters. The second-order valence-corrected chi connectivity index (χ2v) is 3.80. The van der Waals surface area contributed by atoms with Crippen molar-refractivity contribution < 1.29 is 17.9 Å². The standard InChI is InChI=1S/C12H13F3N2O/c1-8(18-2)7-17-10-4-3-9(6-16)11(5-10)12(13,14)15/h3-5,8,17H,7H2,1-2H3. The van der Waals surface area contributed by atoms with Crippen LogP contribution in [-0.4, -0.2) is 19.8 Å². The van der Waals surface area contributed by atoms with Crippen molar-refractivity contribution in [2.24, 2.45) is 0 Å². The first kappa shape index (κ1) is 14.3. The van der Waals surface area contributed by atoms with E-state index in [2.05, 4.69) is 5.32 Å². The SMILES string of the molecule is COC(C)CNc1ccc(C#N)c(C(F)(F)F)c1. The largest absolute Gasteiger partial charge is 0.417 e. The summed E-state index contributed by atoms with van der Waals surface area (Å²) in [6.45, 7) is 2.18. The topological polar surface area (TPSA) is 45.0 Å². The normalized spacial score (nSPS) is 12.9. The highest BCUT2D eigenvalue weighted by molar-refractivity contribution is 5.53. The molecule has 3 nitrogen and oxygen atoms in total. The van der Waals surface area contributed by atoms with E-state index >= 15 is 0 Å². The monoisotopic (exact) mass is 258 g/mol. The van der Waals surface area contributed by atoms with Crippen LogP contribution in [0.25, 0.3) is 0 Å². The van der Waals surface area contributed by atoms with Gasteiger partial charge in [-0.15, -0.1) is 0 Å². The highest BCUT2D eigenvalue weighted by atomic mass is 19.4. The maximum atomic E-state index is 12.7. The Hall–Kier alpha value is -1.74. The molecule has 0 fully saturated rings. The number of rotatable bonds is 4. The lowest BCUT2D eigenvalue weighted by atomic mass is 10.1. The third-order valence-corrected chi connectivity index (χ3v) is 2.44. The second-order valence-electron chi connectivity index (χ2n) is 3.80. The Morgan fingerprint density at radius 2 is 2.11 bits per heavy atom. The molecule has 6 heteroatoms. The molecule has 1 aromatic rings. The van der Waals surface area contributed by atoms with Gasteiger partial charge in [0, 0.05) is 19.3 Å². The summed E-state index contributed by atoms with van der Waals surface area (Å²) in [6, 6.07) is 5.06. The van der Waals surface area contributed by atoms with Gasteiger partial charge in [-0.1, -0.05) is 0 Å². The Kier molecular flexibility index (Phi) is 4.56. The van der Waals surface area contributed by atoms with Gasteiger partial charge in [0.15, 0.2) is 0 Å². The molecule has 0 heterocycles. The molecule has 0 saturated heterocycles. The van der Waals surface area contributed by atoms with Crippen LogP contribution < -0.4 is 5.32 Å². The van der Waals surface area contributed by atoms with Crippen molar-refractivity contribution in [2.75, 3.05) is 19.0 Å². The Bertz CT molecular complexity index is 452. The minimum atomic E-state index is -4.53. The molecule has 0 aliphatic carbocycles. The number of hydrogen-bond acceptors (Lipinski definition) is 3. The van der Waals surface area contributed by atoms with Crippen LogP contribution >= 0.6 is 0 Å². The van der Waals surface area contributed by atoms with Gasteiger partial charge >= 0.3 is 6.18 Å². The number of benzene rings is 1. The molecule has 1 aromatic carbocycles. The molecule has 0 aliphatic rings. The van der Waals surface area contributed by atoms with Crippen molar-refractivity contribution >= 4 is 5.69 Å². The number of anilines is 1. The fourth-order valence-corrected chi connectivity index (χ4v) is 1.33. The van der Waals surface area contributed by atoms with Gasteiger partial charge in [-0.3, -0.25) is 0 Å². The third-order valence-electron chi connectivity index (χ3n) is 2.44. The summed E-state index contributed by atoms with van der Waals surface area (Å²) in [5, 5.41) is 11.5. The molecule has 0 bridgehead atoms. The number of nitrogens with zero attached hydrogens (tertiary/aromatic N) is 1. The maximum Gasteiger partial charge on any atom is 0.417 e. The first-order valence-corrected chi connectivity index (χ1v) is 5.26. The zero-order valence-electron chi connectivity index (χ0n) is 10.0. The van der Waals surface area contributed by atoms with Crippen molar-refractivity contribution in [3.05, 3.63) is 29.3 Å². The van der Waals surface area contributed by atoms with Crippen LogP contribution in [-0.2, 0) is 10.9 Å². The minimum Gasteiger partial charge on any atom is -0.382 e. The average Bonchev–Trinajstić information content (AvgIpc) is 2.34. The van der Waals surface area contributed by atoms with Gasteiger partial charge in [-0.05, 0) is 25.1 Å². The highest BCUT2D eigenvalue weighted by Gasteiger charge is 2.33. The van der Waals surface area contributed by atoms with Gasteiger partial charge < -0.3 is 10.1 Å². The minimum absolute atomic E-state index is 0.116. The Morgan fingerprint density at radius 1 is 1.44 bits per heavy atom. The lowest BCUT2D eigenvalue weighted by Crippen LogP contribution is -2.18. The van der Waals surface area contributed by atoms with Gasteiger partial charge in [0.05, 0.1) is 23.3 Å². The maximum absolute atomic E-state index is 12.7. The average molecular weight is 258 g/mol. The molecule has 0 amide bonds. The fraction of sp³-hybridized carbons (Fsp3) is 0.417. The molecule has 0 aromatic heterocycles. The third kappa shape index (κ3) is 3.64. The molecule has 0 radical (unpaired) electrons. The molecule has 18 heavy (non-hydrogen) atoms. The van der Waals surface area contributed by atoms with E-state index < -0.39 is 11.7 Å². The van der Waals surface area contributed by atoms with Crippen LogP contribution in [0.2, 0.25) is 0 Å². The molecular weight excluding hydrogens is 245 g/mol. The zero-order valence-corrected chi connectivity index (χ0v) is 10.0. The van der Waals surface area contributed by atoms with E-state index in [1.807, 2.05) is 0 Å². The van der Waals surface area contributed by atoms with E-state index in [-0.39, 0.29) is 11.7 Å². The quantitative estimate of drug-likeness (QED) is 0.902. The molecule has 1 unspecified atom stereocenters. The fourth-order valence-electron chi connectivity index (χ4n) is 1.33. The molecule has 0 spiro atoms. The predicted molar refractivity (Wildman–Crippen MR) is 61.1 cm³/mol. The number of nitrogens with one attached hydrogen (secondary N) is 1. The first-order chi connectivity index (χ1) is 8.38. The van der Waals surface area contributed by atoms with Crippen LogP contribution in [0, 0.1) is 11.3 Å². The van der Waals surface area contributed by atoms with Crippen molar-refractivity contribution in [1.29, 1.82) is 5.26 Å². The van der Waals surface area contributed by atoms with Gasteiger partial charge in [-0.2, -0.15) is 18.4 Å². The lowest BCUT2D eigenvalue weighted by Gasteiger charge is -2.14. The van der Waals surface area contributed by atoms with Crippen molar-refractivity contribution in [3.8, 4) is 6.07 Å². The number of alkyl halides is 3. The number of nitriles is 1. The van der Waals surface area contributed by atoms with Crippen molar-refractivity contribution in [2.45, 2.75) is 19.2 Å². The molecule has 1 rings (SSSR count). The summed E-state index contributed by atoms with van der Waals surface area (Å²) < 4.78 is 43.0. The van der Waals surface area contributed by atoms with Gasteiger partial charge in [-0.25, -0.2) is 0 Å². The predicted octanol–water partition coefficient (Wildman–Crippen LogP) is 3.02. The van der Waals surface area contributed by atoms with Gasteiger partial charge in [0.2, 0.25) is 0 Å². The van der Waals surface area contributed by atoms with E-state index in [0.29, 0.717) is 12.2 Å². The summed E-state index contributed by atoms with van der Waals surface area (Å²) in [4.78, 5) is 0. The van der Waals surface area contributed by atoms with Crippen molar-refractivity contribution in [3.63, 3.8) is 0 Å². The van der Waals surface area contributed by atoms with Crippen LogP contribution in [0.4, 0.5) is 18.9 Å². The van der Waals surface area contributed by atoms with Crippen LogP contribution in [0.5, 0.6) is 0 Å². The summed E-state index contributed by atoms with van der Waals surface area (Å²) >= 11 is 0. The molecular formula is C12H13F3N2O. The summed E-state index contributed by atoms with van der Waals surface area (Å²) in [5.41, 5.74) is -1.00. The second kappa shape index (κ2) is 5.74. The van der Waals surface area contributed by atoms with Gasteiger partial charge in [0.25, 0.3) is 0 Å². The summed E-state index contributed by atoms with van der Waals surface area (Å²) in [6.07, 6.45) is -4.65. The van der Waals surface area contributed by atoms with E-state index in [9.17, 15) is 13.2 Å². The van der Waals surface area contributed by atoms with Crippen molar-refractivity contribution in [1.82, 2.24) is 0 Å². The van der Waals surface area contributed by atoms with E-state index in [0.717, 1.165) is 12.1 Å². The number of methoxy groups -OCH3 is 1. The molecule has 0 saturated carbocycles. The molecule has 98 valence electrons. The lowest BCUT2D eigenvalue weighted by molar-refractivity contribution is -0.137. The Morgan fingerprint density at radius 3 is 2.61 bits per heavy atom. The van der Waals surface area contributed by atoms with Crippen LogP contribution in [0.1, 0.15) is 18.1 Å². The Labute approximate surface area is 103 Å².